The summed E-state index contributed by atoms with van der Waals surface area (Å²) in [4.78, 5) is 39.9. The van der Waals surface area contributed by atoms with Crippen molar-refractivity contribution >= 4 is 15.2 Å². The van der Waals surface area contributed by atoms with Gasteiger partial charge in [0.1, 0.15) is 6.29 Å². The smallest absolute Gasteiger partial charge is 0.810 e. The normalized spacial score (nSPS) is 11.9. The van der Waals surface area contributed by atoms with Gasteiger partial charge in [0.15, 0.2) is 0 Å². The Morgan fingerprint density at radius 1 is 0.950 bits per heavy atom. The van der Waals surface area contributed by atoms with Crippen molar-refractivity contribution in [1.82, 2.24) is 4.90 Å². The summed E-state index contributed by atoms with van der Waals surface area (Å²) < 4.78 is 21.5. The van der Waals surface area contributed by atoms with Crippen LogP contribution in [0.3, 0.4) is 0 Å². The Morgan fingerprint density at radius 3 is 1.85 bits per heavy atom. The fraction of sp³-hybridized carbons (Fsp3) is 1.00. The van der Waals surface area contributed by atoms with Gasteiger partial charge in [0.25, 0.3) is 0 Å². The summed E-state index contributed by atoms with van der Waals surface area (Å²) in [5.41, 5.74) is 0. The molecule has 2 N–H and O–H groups in total. The van der Waals surface area contributed by atoms with Crippen molar-refractivity contribution in [3.63, 3.8) is 0 Å². The molecule has 0 aromatic carbocycles. The maximum atomic E-state index is 10.8. The maximum Gasteiger partial charge on any atom is 1.00 e. The second-order valence-corrected chi connectivity index (χ2v) is 7.48. The monoisotopic (exact) mass is 347 g/mol. The van der Waals surface area contributed by atoms with Gasteiger partial charge in [-0.2, -0.15) is 0 Å². The average Bonchev–Trinajstić information content (AvgIpc) is 2.12. The largest absolute Gasteiger partial charge is 1.00 e. The fourth-order valence-corrected chi connectivity index (χ4v) is 3.28. The third-order valence-electron chi connectivity index (χ3n) is 2.34. The first-order valence-corrected chi connectivity index (χ1v) is 9.44. The minimum atomic E-state index is -4.79. The van der Waals surface area contributed by atoms with Gasteiger partial charge in [0, 0.05) is 6.29 Å². The Hall–Kier alpha value is 2.26. The van der Waals surface area contributed by atoms with E-state index in [-0.39, 0.29) is 65.7 Å². The topological polar surface area (TPSA) is 124 Å². The molecule has 0 bridgehead atoms. The molecule has 0 unspecified atom stereocenters. The zero-order valence-electron chi connectivity index (χ0n) is 12.5. The van der Waals surface area contributed by atoms with E-state index >= 15 is 0 Å². The van der Waals surface area contributed by atoms with Gasteiger partial charge in [-0.15, -0.1) is 0 Å². The predicted octanol–water partition coefficient (Wildman–Crippen LogP) is -5.73. The molecule has 7 nitrogen and oxygen atoms in total. The van der Waals surface area contributed by atoms with E-state index in [1.54, 1.807) is 0 Å². The van der Waals surface area contributed by atoms with Crippen LogP contribution in [0.1, 0.15) is 39.0 Å². The van der Waals surface area contributed by atoms with Gasteiger partial charge in [0.2, 0.25) is 0 Å². The first-order chi connectivity index (χ1) is 8.14. The summed E-state index contributed by atoms with van der Waals surface area (Å²) in [6, 6.07) is 0. The van der Waals surface area contributed by atoms with Crippen LogP contribution in [-0.4, -0.2) is 33.8 Å². The quantitative estimate of drug-likeness (QED) is 0.229. The first-order valence-electron chi connectivity index (χ1n) is 5.92. The fourth-order valence-electron chi connectivity index (χ4n) is 1.63. The molecule has 0 aliphatic heterocycles. The van der Waals surface area contributed by atoms with Crippen LogP contribution < -0.4 is 68.9 Å². The first kappa shape index (κ1) is 27.1. The molecule has 0 rings (SSSR count). The van der Waals surface area contributed by atoms with Crippen molar-refractivity contribution in [2.45, 2.75) is 39.0 Å². The Kier molecular flexibility index (Phi) is 18.5. The van der Waals surface area contributed by atoms with Crippen LogP contribution in [0.4, 0.5) is 0 Å². The number of unbranched alkanes of at least 4 members (excludes halogenated alkanes) is 4. The van der Waals surface area contributed by atoms with Gasteiger partial charge in [-0.3, -0.25) is 9.46 Å². The van der Waals surface area contributed by atoms with E-state index in [1.807, 2.05) is 0 Å². The molecule has 0 amide bonds. The molecule has 0 saturated carbocycles. The number of nitrogens with zero attached hydrogens (tertiary/aromatic N) is 1. The van der Waals surface area contributed by atoms with E-state index in [0.717, 1.165) is 30.6 Å². The number of hydrogen-bond donors (Lipinski definition) is 2. The minimum absolute atomic E-state index is 0. The van der Waals surface area contributed by atoms with E-state index < -0.39 is 27.8 Å². The summed E-state index contributed by atoms with van der Waals surface area (Å²) >= 11 is 0. The van der Waals surface area contributed by atoms with Crippen molar-refractivity contribution in [3.8, 4) is 0 Å². The molecule has 0 aromatic rings. The Balaban J connectivity index is -0.00000144. The van der Waals surface area contributed by atoms with Gasteiger partial charge in [0.05, 0.1) is 0 Å². The van der Waals surface area contributed by atoms with Gasteiger partial charge >= 0.3 is 66.7 Å². The third kappa shape index (κ3) is 20.3. The van der Waals surface area contributed by atoms with E-state index in [0.29, 0.717) is 6.42 Å². The summed E-state index contributed by atoms with van der Waals surface area (Å²) in [7, 11) is -9.13. The summed E-state index contributed by atoms with van der Waals surface area (Å²) in [6.45, 7) is 2.27. The molecule has 0 heterocycles. The average molecular weight is 347 g/mol. The molecule has 110 valence electrons. The van der Waals surface area contributed by atoms with Gasteiger partial charge in [-0.1, -0.05) is 40.2 Å². The van der Waals surface area contributed by atoms with Gasteiger partial charge in [-0.25, -0.2) is 0 Å². The van der Waals surface area contributed by atoms with Crippen molar-refractivity contribution < 1.29 is 87.8 Å². The van der Waals surface area contributed by atoms with Gasteiger partial charge in [-0.05, 0) is 13.0 Å². The molecule has 0 spiro atoms. The van der Waals surface area contributed by atoms with Crippen molar-refractivity contribution in [1.29, 1.82) is 0 Å². The van der Waals surface area contributed by atoms with Crippen LogP contribution in [0.25, 0.3) is 0 Å². The third-order valence-corrected chi connectivity index (χ3v) is 3.85. The number of hydrogen-bond acceptors (Lipinski definition) is 5. The summed E-state index contributed by atoms with van der Waals surface area (Å²) in [5.74, 6) is 0. The standard InChI is InChI=1S/C9H23NO6P2.2Na/c1-2-3-4-5-6-7-10(8-17(11,12)13)9-18(14,15)16;;/h2-9H2,1H3,(H2,11,12,13)(H2,14,15,16);;/q;2*+1/p-2. The number of rotatable bonds is 10. The Morgan fingerprint density at radius 2 is 1.45 bits per heavy atom. The van der Waals surface area contributed by atoms with Crippen molar-refractivity contribution in [2.24, 2.45) is 0 Å². The van der Waals surface area contributed by atoms with Crippen LogP contribution in [-0.2, 0) is 9.13 Å². The molecule has 0 radical (unpaired) electrons. The Labute approximate surface area is 164 Å². The molecule has 20 heavy (non-hydrogen) atoms. The molecule has 0 fully saturated rings. The molecular weight excluding hydrogens is 326 g/mol. The Bertz CT molecular complexity index is 298. The van der Waals surface area contributed by atoms with Crippen molar-refractivity contribution in [3.05, 3.63) is 0 Å². The molecule has 11 heteroatoms. The zero-order chi connectivity index (χ0) is 14.2. The molecule has 0 atom stereocenters. The second-order valence-electron chi connectivity index (χ2n) is 4.37. The summed E-state index contributed by atoms with van der Waals surface area (Å²) in [6.07, 6.45) is 3.10. The molecule has 0 aliphatic rings. The van der Waals surface area contributed by atoms with E-state index in [1.165, 1.54) is 0 Å². The predicted molar refractivity (Wildman–Crippen MR) is 64.8 cm³/mol. The van der Waals surface area contributed by atoms with Crippen LogP contribution >= 0.6 is 15.2 Å². The minimum Gasteiger partial charge on any atom is -0.810 e. The van der Waals surface area contributed by atoms with Crippen LogP contribution in [0.2, 0.25) is 0 Å². The van der Waals surface area contributed by atoms with Crippen molar-refractivity contribution in [2.75, 3.05) is 19.1 Å². The SMILES string of the molecule is CCCCCCCN(CP(=O)([O-])[O-])CP(=O)(O)O.[Na+].[Na+]. The van der Waals surface area contributed by atoms with Gasteiger partial charge < -0.3 is 24.1 Å². The molecule has 0 aliphatic carbocycles. The zero-order valence-corrected chi connectivity index (χ0v) is 18.3. The maximum absolute atomic E-state index is 10.8. The molecular formula is C9H21NNa2O6P2. The molecule has 0 saturated heterocycles. The van der Waals surface area contributed by atoms with Crippen LogP contribution in [0.5, 0.6) is 0 Å². The van der Waals surface area contributed by atoms with E-state index in [4.69, 9.17) is 9.79 Å². The van der Waals surface area contributed by atoms with E-state index in [2.05, 4.69) is 6.92 Å². The molecule has 0 aromatic heterocycles. The van der Waals surface area contributed by atoms with Crippen LogP contribution in [0.15, 0.2) is 0 Å². The second kappa shape index (κ2) is 13.7. The van der Waals surface area contributed by atoms with Crippen LogP contribution in [0, 0.1) is 0 Å². The summed E-state index contributed by atoms with van der Waals surface area (Å²) in [5, 5.41) is 0. The van der Waals surface area contributed by atoms with E-state index in [9.17, 15) is 18.9 Å².